The normalized spacial score (nSPS) is 24.7. The number of amides is 1. The molecule has 12 nitrogen and oxygen atoms in total. The van der Waals surface area contributed by atoms with Gasteiger partial charge in [0.2, 0.25) is 11.8 Å². The molecule has 4 aliphatic rings. The van der Waals surface area contributed by atoms with Crippen molar-refractivity contribution in [3.05, 3.63) is 41.5 Å². The van der Waals surface area contributed by atoms with E-state index in [1.54, 1.807) is 11.8 Å². The number of aliphatic hydroxyl groups is 1. The zero-order chi connectivity index (χ0) is 40.1. The summed E-state index contributed by atoms with van der Waals surface area (Å²) in [7, 11) is 1.40. The fourth-order valence-electron chi connectivity index (χ4n) is 9.91. The Morgan fingerprint density at radius 1 is 1.07 bits per heavy atom. The smallest absolute Gasteiger partial charge is 0.319 e. The third-order valence-electron chi connectivity index (χ3n) is 12.5. The first-order valence-electron chi connectivity index (χ1n) is 20.0. The second-order valence-corrected chi connectivity index (χ2v) is 16.3. The molecule has 3 saturated heterocycles. The summed E-state index contributed by atoms with van der Waals surface area (Å²) in [6.07, 6.45) is 13.2. The van der Waals surface area contributed by atoms with Crippen LogP contribution in [0.3, 0.4) is 0 Å². The lowest BCUT2D eigenvalue weighted by molar-refractivity contribution is -0.133. The minimum atomic E-state index is -1.26. The Bertz CT molecular complexity index is 2240. The summed E-state index contributed by atoms with van der Waals surface area (Å²) < 4.78 is 50.6. The van der Waals surface area contributed by atoms with Crippen LogP contribution in [0.25, 0.3) is 32.9 Å². The van der Waals surface area contributed by atoms with Gasteiger partial charge in [0.1, 0.15) is 39.6 Å². The van der Waals surface area contributed by atoms with Gasteiger partial charge in [0.05, 0.1) is 39.0 Å². The molecule has 14 heteroatoms. The number of piperidine rings is 2. The van der Waals surface area contributed by atoms with E-state index in [-0.39, 0.29) is 87.6 Å². The number of ether oxygens (including phenoxy) is 3. The third-order valence-corrected chi connectivity index (χ3v) is 12.5. The van der Waals surface area contributed by atoms with Gasteiger partial charge in [-0.3, -0.25) is 9.69 Å². The molecular formula is C43H50F2N6O6. The molecular weight excluding hydrogens is 735 g/mol. The summed E-state index contributed by atoms with van der Waals surface area (Å²) in [6, 6.07) is 6.02. The molecule has 0 radical (unpaired) electrons. The molecule has 2 N–H and O–H groups in total. The molecule has 1 saturated carbocycles. The number of β-amino-alcohol motifs (C(OH)–C–C–N with tert-alkyl or cyclic N) is 1. The minimum Gasteiger partial charge on any atom is -0.508 e. The molecule has 302 valence electrons. The Balaban J connectivity index is 1.21. The molecule has 4 aromatic rings. The SMILES string of the molecule is C#Cc1c(F)ccc2cc(O)cc(-c3nc(OC)c4c(N5CCOCC(C)(O)C5)nc(OCC56CCCC5N(C5CCN(C(=O)CC)CC5)CCC6)nc4c3F)c12. The van der Waals surface area contributed by atoms with Crippen molar-refractivity contribution in [2.75, 3.05) is 64.6 Å². The summed E-state index contributed by atoms with van der Waals surface area (Å²) in [4.78, 5) is 33.1. The van der Waals surface area contributed by atoms with E-state index in [4.69, 9.17) is 30.6 Å². The van der Waals surface area contributed by atoms with Gasteiger partial charge in [-0.15, -0.1) is 6.42 Å². The van der Waals surface area contributed by atoms with Crippen LogP contribution in [0.2, 0.25) is 0 Å². The van der Waals surface area contributed by atoms with Crippen molar-refractivity contribution in [3.8, 4) is 41.2 Å². The summed E-state index contributed by atoms with van der Waals surface area (Å²) in [5.41, 5.74) is -1.88. The van der Waals surface area contributed by atoms with Gasteiger partial charge in [-0.2, -0.15) is 9.97 Å². The van der Waals surface area contributed by atoms with Crippen LogP contribution in [0.15, 0.2) is 24.3 Å². The topological polar surface area (TPSA) is 134 Å². The number of carbonyl (C=O) groups is 1. The number of phenols is 1. The van der Waals surface area contributed by atoms with E-state index in [9.17, 15) is 15.0 Å². The number of pyridine rings is 1. The lowest BCUT2D eigenvalue weighted by Gasteiger charge is -2.50. The summed E-state index contributed by atoms with van der Waals surface area (Å²) in [5.74, 6) is 1.08. The molecule has 1 amide bonds. The molecule has 2 aromatic carbocycles. The van der Waals surface area contributed by atoms with E-state index in [2.05, 4.69) is 15.8 Å². The second kappa shape index (κ2) is 15.5. The van der Waals surface area contributed by atoms with E-state index in [0.717, 1.165) is 64.6 Å². The summed E-state index contributed by atoms with van der Waals surface area (Å²) >= 11 is 0. The fraction of sp³-hybridized carbons (Fsp3) is 0.535. The molecule has 3 unspecified atom stereocenters. The van der Waals surface area contributed by atoms with Crippen LogP contribution < -0.4 is 14.4 Å². The quantitative estimate of drug-likeness (QED) is 0.210. The van der Waals surface area contributed by atoms with Crippen LogP contribution in [0.5, 0.6) is 17.6 Å². The number of fused-ring (bicyclic) bond motifs is 3. The van der Waals surface area contributed by atoms with Crippen LogP contribution in [0.4, 0.5) is 14.6 Å². The van der Waals surface area contributed by atoms with Crippen molar-refractivity contribution in [2.24, 2.45) is 5.41 Å². The molecule has 8 rings (SSSR count). The average molecular weight is 785 g/mol. The molecule has 1 aliphatic carbocycles. The molecule has 57 heavy (non-hydrogen) atoms. The molecule has 3 atom stereocenters. The second-order valence-electron chi connectivity index (χ2n) is 16.3. The zero-order valence-electron chi connectivity index (χ0n) is 32.8. The number of hydrogen-bond donors (Lipinski definition) is 2. The number of nitrogens with zero attached hydrogens (tertiary/aromatic N) is 6. The summed E-state index contributed by atoms with van der Waals surface area (Å²) in [6.45, 7) is 7.24. The van der Waals surface area contributed by atoms with E-state index in [0.29, 0.717) is 37.0 Å². The van der Waals surface area contributed by atoms with Crippen LogP contribution in [-0.4, -0.2) is 118 Å². The number of rotatable bonds is 8. The van der Waals surface area contributed by atoms with E-state index in [1.807, 2.05) is 11.8 Å². The predicted molar refractivity (Wildman–Crippen MR) is 211 cm³/mol. The van der Waals surface area contributed by atoms with Gasteiger partial charge in [0.25, 0.3) is 0 Å². The van der Waals surface area contributed by atoms with Crippen LogP contribution >= 0.6 is 0 Å². The average Bonchev–Trinajstić information content (AvgIpc) is 3.56. The molecule has 0 spiro atoms. The number of terminal acetylenes is 1. The number of hydrogen-bond acceptors (Lipinski definition) is 11. The number of aromatic hydroxyl groups is 1. The lowest BCUT2D eigenvalue weighted by atomic mass is 9.74. The first-order valence-corrected chi connectivity index (χ1v) is 20.0. The Morgan fingerprint density at radius 2 is 1.86 bits per heavy atom. The van der Waals surface area contributed by atoms with Crippen LogP contribution in [-0.2, 0) is 9.53 Å². The number of likely N-dealkylation sites (tertiary alicyclic amines) is 2. The number of halogens is 2. The first kappa shape index (κ1) is 39.0. The predicted octanol–water partition coefficient (Wildman–Crippen LogP) is 5.82. The van der Waals surface area contributed by atoms with E-state index in [1.165, 1.54) is 31.4 Å². The maximum absolute atomic E-state index is 17.4. The Labute approximate surface area is 331 Å². The van der Waals surface area contributed by atoms with Gasteiger partial charge >= 0.3 is 6.01 Å². The Kier molecular flexibility index (Phi) is 10.6. The number of anilines is 1. The van der Waals surface area contributed by atoms with Crippen molar-refractivity contribution in [2.45, 2.75) is 82.9 Å². The number of carbonyl (C=O) groups excluding carboxylic acids is 1. The van der Waals surface area contributed by atoms with Crippen molar-refractivity contribution in [1.29, 1.82) is 0 Å². The van der Waals surface area contributed by atoms with Gasteiger partial charge in [-0.05, 0) is 75.6 Å². The molecule has 2 aromatic heterocycles. The fourth-order valence-corrected chi connectivity index (χ4v) is 9.91. The van der Waals surface area contributed by atoms with Gasteiger partial charge in [-0.25, -0.2) is 13.8 Å². The number of methoxy groups -OCH3 is 1. The van der Waals surface area contributed by atoms with Gasteiger partial charge in [0.15, 0.2) is 5.82 Å². The highest BCUT2D eigenvalue weighted by atomic mass is 19.1. The van der Waals surface area contributed by atoms with Crippen molar-refractivity contribution in [1.82, 2.24) is 24.8 Å². The van der Waals surface area contributed by atoms with Gasteiger partial charge < -0.3 is 34.2 Å². The highest BCUT2D eigenvalue weighted by Crippen LogP contribution is 2.50. The Hall–Kier alpha value is -4.84. The molecule has 5 heterocycles. The van der Waals surface area contributed by atoms with Crippen LogP contribution in [0.1, 0.15) is 70.8 Å². The number of benzene rings is 2. The van der Waals surface area contributed by atoms with Gasteiger partial charge in [0, 0.05) is 54.5 Å². The zero-order valence-corrected chi connectivity index (χ0v) is 32.8. The Morgan fingerprint density at radius 3 is 2.61 bits per heavy atom. The minimum absolute atomic E-state index is 0.0213. The van der Waals surface area contributed by atoms with Gasteiger partial charge in [-0.1, -0.05) is 25.3 Å². The highest BCUT2D eigenvalue weighted by Gasteiger charge is 2.50. The number of aromatic nitrogens is 3. The third kappa shape index (κ3) is 7.19. The molecule has 3 aliphatic heterocycles. The molecule has 0 bridgehead atoms. The maximum atomic E-state index is 17.4. The highest BCUT2D eigenvalue weighted by molar-refractivity contribution is 6.04. The van der Waals surface area contributed by atoms with Crippen molar-refractivity contribution >= 4 is 33.4 Å². The lowest BCUT2D eigenvalue weighted by Crippen LogP contribution is -2.57. The molecule has 4 fully saturated rings. The van der Waals surface area contributed by atoms with Crippen molar-refractivity contribution in [3.63, 3.8) is 0 Å². The van der Waals surface area contributed by atoms with Crippen molar-refractivity contribution < 1.29 is 38.0 Å². The first-order chi connectivity index (χ1) is 27.5. The summed E-state index contributed by atoms with van der Waals surface area (Å²) in [5, 5.41) is 22.7. The van der Waals surface area contributed by atoms with E-state index < -0.39 is 17.2 Å². The largest absolute Gasteiger partial charge is 0.508 e. The van der Waals surface area contributed by atoms with E-state index >= 15 is 8.78 Å². The number of phenolic OH excluding ortho intramolecular Hbond substituents is 1. The van der Waals surface area contributed by atoms with Crippen LogP contribution in [0, 0.1) is 29.4 Å². The maximum Gasteiger partial charge on any atom is 0.319 e. The standard InChI is InChI=1S/C43H50F2N6O6/c1-5-29-31(44)11-10-26-21-28(52)22-30(34(26)29)37-36(45)38-35(40(46-37)55-4)39(50-19-20-56-24-42(3,54)23-50)48-41(47-38)57-25-43-14-7-9-32(43)51(16-8-15-43)27-12-17-49(18-13-27)33(53)6-2/h1,10-11,21-22,27,32,52,54H,6-9,12-20,23-25H2,2-4H3. The monoisotopic (exact) mass is 784 g/mol.